The number of hydrogen-bond donors (Lipinski definition) is 0. The van der Waals surface area contributed by atoms with Crippen LogP contribution in [0.5, 0.6) is 0 Å². The molecule has 0 aromatic rings. The van der Waals surface area contributed by atoms with E-state index in [0.717, 1.165) is 18.3 Å². The van der Waals surface area contributed by atoms with Gasteiger partial charge in [0.05, 0.1) is 0 Å². The van der Waals surface area contributed by atoms with Crippen molar-refractivity contribution in [3.05, 3.63) is 0 Å². The summed E-state index contributed by atoms with van der Waals surface area (Å²) in [6.45, 7) is 11.4. The fourth-order valence-electron chi connectivity index (χ4n) is 1.92. The minimum absolute atomic E-state index is 0.624. The number of halogens is 1. The van der Waals surface area contributed by atoms with E-state index in [4.69, 9.17) is 11.6 Å². The van der Waals surface area contributed by atoms with Crippen LogP contribution in [0.4, 0.5) is 0 Å². The highest BCUT2D eigenvalue weighted by Crippen LogP contribution is 2.15. The molecule has 0 rings (SSSR count). The first-order valence-electron chi connectivity index (χ1n) is 6.45. The zero-order valence-corrected chi connectivity index (χ0v) is 11.7. The SMILES string of the molecule is CCCCC(CC)CN(CCCl)C(C)C. The van der Waals surface area contributed by atoms with E-state index >= 15 is 0 Å². The first-order chi connectivity index (χ1) is 7.15. The average Bonchev–Trinajstić information content (AvgIpc) is 2.22. The number of hydrogen-bond acceptors (Lipinski definition) is 1. The molecule has 1 nitrogen and oxygen atoms in total. The lowest BCUT2D eigenvalue weighted by molar-refractivity contribution is 0.188. The largest absolute Gasteiger partial charge is 0.299 e. The average molecular weight is 234 g/mol. The van der Waals surface area contributed by atoms with Gasteiger partial charge < -0.3 is 0 Å². The highest BCUT2D eigenvalue weighted by atomic mass is 35.5. The van der Waals surface area contributed by atoms with E-state index in [1.807, 2.05) is 0 Å². The quantitative estimate of drug-likeness (QED) is 0.541. The van der Waals surface area contributed by atoms with E-state index in [1.165, 1.54) is 32.2 Å². The lowest BCUT2D eigenvalue weighted by Gasteiger charge is -2.29. The monoisotopic (exact) mass is 233 g/mol. The summed E-state index contributed by atoms with van der Waals surface area (Å²) in [7, 11) is 0. The molecule has 1 atom stereocenters. The normalized spacial score (nSPS) is 13.8. The van der Waals surface area contributed by atoms with Crippen LogP contribution in [0, 0.1) is 5.92 Å². The van der Waals surface area contributed by atoms with Crippen molar-refractivity contribution in [2.24, 2.45) is 5.92 Å². The van der Waals surface area contributed by atoms with Gasteiger partial charge >= 0.3 is 0 Å². The van der Waals surface area contributed by atoms with Gasteiger partial charge in [0.2, 0.25) is 0 Å². The molecule has 0 aliphatic heterocycles. The maximum atomic E-state index is 5.83. The van der Waals surface area contributed by atoms with Crippen LogP contribution in [0.2, 0.25) is 0 Å². The summed E-state index contributed by atoms with van der Waals surface area (Å²) in [6, 6.07) is 0.624. The molecule has 0 bridgehead atoms. The predicted octanol–water partition coefficient (Wildman–Crippen LogP) is 4.15. The Morgan fingerprint density at radius 3 is 2.27 bits per heavy atom. The summed E-state index contributed by atoms with van der Waals surface area (Å²) in [5.41, 5.74) is 0. The molecule has 0 N–H and O–H groups in total. The molecular weight excluding hydrogens is 206 g/mol. The standard InChI is InChI=1S/C13H28ClN/c1-5-7-8-13(6-2)11-15(10-9-14)12(3)4/h12-13H,5-11H2,1-4H3. The van der Waals surface area contributed by atoms with Crippen LogP contribution >= 0.6 is 11.6 Å². The lowest BCUT2D eigenvalue weighted by Crippen LogP contribution is -2.36. The molecule has 0 fully saturated rings. The zero-order valence-electron chi connectivity index (χ0n) is 10.9. The molecule has 0 radical (unpaired) electrons. The van der Waals surface area contributed by atoms with E-state index < -0.39 is 0 Å². The molecular formula is C13H28ClN. The fraction of sp³-hybridized carbons (Fsp3) is 1.00. The van der Waals surface area contributed by atoms with Gasteiger partial charge in [-0.25, -0.2) is 0 Å². The van der Waals surface area contributed by atoms with Gasteiger partial charge in [-0.15, -0.1) is 11.6 Å². The fourth-order valence-corrected chi connectivity index (χ4v) is 2.13. The third kappa shape index (κ3) is 7.19. The van der Waals surface area contributed by atoms with Crippen molar-refractivity contribution < 1.29 is 0 Å². The van der Waals surface area contributed by atoms with Gasteiger partial charge in [0.1, 0.15) is 0 Å². The van der Waals surface area contributed by atoms with E-state index in [1.54, 1.807) is 0 Å². The van der Waals surface area contributed by atoms with Crippen LogP contribution in [-0.4, -0.2) is 29.9 Å². The Bertz CT molecular complexity index is 136. The minimum Gasteiger partial charge on any atom is -0.299 e. The molecule has 0 heterocycles. The highest BCUT2D eigenvalue weighted by molar-refractivity contribution is 6.18. The van der Waals surface area contributed by atoms with Crippen LogP contribution in [-0.2, 0) is 0 Å². The van der Waals surface area contributed by atoms with Gasteiger partial charge in [-0.2, -0.15) is 0 Å². The van der Waals surface area contributed by atoms with E-state index in [0.29, 0.717) is 6.04 Å². The van der Waals surface area contributed by atoms with Gasteiger partial charge in [0.25, 0.3) is 0 Å². The first-order valence-corrected chi connectivity index (χ1v) is 6.99. The maximum absolute atomic E-state index is 5.83. The smallest absolute Gasteiger partial charge is 0.0351 e. The second kappa shape index (κ2) is 9.47. The number of unbranched alkanes of at least 4 members (excludes halogenated alkanes) is 1. The topological polar surface area (TPSA) is 3.24 Å². The van der Waals surface area contributed by atoms with Crippen molar-refractivity contribution in [2.45, 2.75) is 59.4 Å². The Hall–Kier alpha value is 0.250. The molecule has 0 amide bonds. The summed E-state index contributed by atoms with van der Waals surface area (Å²) >= 11 is 5.83. The van der Waals surface area contributed by atoms with Crippen LogP contribution in [0.25, 0.3) is 0 Å². The molecule has 0 aromatic carbocycles. The van der Waals surface area contributed by atoms with E-state index in [2.05, 4.69) is 32.6 Å². The molecule has 1 unspecified atom stereocenters. The Morgan fingerprint density at radius 2 is 1.87 bits per heavy atom. The third-order valence-electron chi connectivity index (χ3n) is 3.14. The van der Waals surface area contributed by atoms with Crippen molar-refractivity contribution in [1.29, 1.82) is 0 Å². The summed E-state index contributed by atoms with van der Waals surface area (Å²) in [5, 5.41) is 0. The molecule has 0 saturated heterocycles. The molecule has 92 valence electrons. The Balaban J connectivity index is 3.97. The molecule has 2 heteroatoms. The highest BCUT2D eigenvalue weighted by Gasteiger charge is 2.14. The van der Waals surface area contributed by atoms with Crippen molar-refractivity contribution in [2.75, 3.05) is 19.0 Å². The summed E-state index contributed by atoms with van der Waals surface area (Å²) in [6.07, 6.45) is 5.35. The molecule has 0 aliphatic carbocycles. The number of rotatable bonds is 9. The third-order valence-corrected chi connectivity index (χ3v) is 3.31. The first kappa shape index (κ1) is 15.2. The predicted molar refractivity (Wildman–Crippen MR) is 70.7 cm³/mol. The van der Waals surface area contributed by atoms with E-state index in [-0.39, 0.29) is 0 Å². The van der Waals surface area contributed by atoms with Crippen LogP contribution in [0.1, 0.15) is 53.4 Å². The van der Waals surface area contributed by atoms with Gasteiger partial charge in [0, 0.05) is 25.0 Å². The van der Waals surface area contributed by atoms with Crippen molar-refractivity contribution in [1.82, 2.24) is 4.90 Å². The Morgan fingerprint density at radius 1 is 1.20 bits per heavy atom. The van der Waals surface area contributed by atoms with Crippen LogP contribution in [0.3, 0.4) is 0 Å². The number of nitrogens with zero attached hydrogens (tertiary/aromatic N) is 1. The van der Waals surface area contributed by atoms with Gasteiger partial charge in [-0.1, -0.05) is 33.1 Å². The zero-order chi connectivity index (χ0) is 11.7. The summed E-state index contributed by atoms with van der Waals surface area (Å²) < 4.78 is 0. The Labute approximate surface area is 101 Å². The second-order valence-electron chi connectivity index (χ2n) is 4.69. The molecule has 0 saturated carbocycles. The van der Waals surface area contributed by atoms with Crippen molar-refractivity contribution in [3.8, 4) is 0 Å². The van der Waals surface area contributed by atoms with Crippen LogP contribution in [0.15, 0.2) is 0 Å². The van der Waals surface area contributed by atoms with Crippen molar-refractivity contribution >= 4 is 11.6 Å². The maximum Gasteiger partial charge on any atom is 0.0351 e. The van der Waals surface area contributed by atoms with E-state index in [9.17, 15) is 0 Å². The van der Waals surface area contributed by atoms with Gasteiger partial charge in [-0.3, -0.25) is 4.90 Å². The lowest BCUT2D eigenvalue weighted by atomic mass is 9.98. The van der Waals surface area contributed by atoms with Crippen LogP contribution < -0.4 is 0 Å². The molecule has 0 spiro atoms. The van der Waals surface area contributed by atoms with Gasteiger partial charge in [0.15, 0.2) is 0 Å². The second-order valence-corrected chi connectivity index (χ2v) is 5.07. The summed E-state index contributed by atoms with van der Waals surface area (Å²) in [4.78, 5) is 2.51. The molecule has 15 heavy (non-hydrogen) atoms. The van der Waals surface area contributed by atoms with Gasteiger partial charge in [-0.05, 0) is 26.2 Å². The molecule has 0 aromatic heterocycles. The summed E-state index contributed by atoms with van der Waals surface area (Å²) in [5.74, 6) is 1.61. The number of alkyl halides is 1. The Kier molecular flexibility index (Phi) is 9.63. The molecule has 0 aliphatic rings. The van der Waals surface area contributed by atoms with Crippen molar-refractivity contribution in [3.63, 3.8) is 0 Å². The minimum atomic E-state index is 0.624.